The van der Waals surface area contributed by atoms with E-state index >= 15 is 0 Å². The van der Waals surface area contributed by atoms with Crippen molar-refractivity contribution in [2.75, 3.05) is 0 Å². The molecule has 0 spiro atoms. The predicted octanol–water partition coefficient (Wildman–Crippen LogP) is 2.17. The molecule has 3 nitrogen and oxygen atoms in total. The highest BCUT2D eigenvalue weighted by Crippen LogP contribution is 2.33. The number of rotatable bonds is 3. The van der Waals surface area contributed by atoms with E-state index in [2.05, 4.69) is 0 Å². The normalized spacial score (nSPS) is 12.3. The molecule has 0 aromatic heterocycles. The Morgan fingerprint density at radius 2 is 1.87 bits per heavy atom. The molecule has 0 amide bonds. The van der Waals surface area contributed by atoms with Gasteiger partial charge in [-0.1, -0.05) is 12.1 Å². The summed E-state index contributed by atoms with van der Waals surface area (Å²) in [6.45, 7) is 0. The Balaban J connectivity index is 0.00000196. The van der Waals surface area contributed by atoms with E-state index in [0.29, 0.717) is 0 Å². The summed E-state index contributed by atoms with van der Waals surface area (Å²) in [5.41, 5.74) is 5.54. The standard InChI is InChI=1S/C9H11F2NO2.ClH/c10-8(11)4-6(12)5-2-1-3-7(13)9(5)14;/h1-3,6,8,13-14H,4,12H2;1H/t6-;/m0./s1. The molecule has 1 aromatic rings. The van der Waals surface area contributed by atoms with Crippen LogP contribution in [-0.2, 0) is 0 Å². The molecule has 86 valence electrons. The highest BCUT2D eigenvalue weighted by molar-refractivity contribution is 5.85. The zero-order valence-corrected chi connectivity index (χ0v) is 8.55. The Kier molecular flexibility index (Phi) is 5.32. The summed E-state index contributed by atoms with van der Waals surface area (Å²) in [4.78, 5) is 0. The van der Waals surface area contributed by atoms with Crippen LogP contribution in [-0.4, -0.2) is 16.6 Å². The highest BCUT2D eigenvalue weighted by atomic mass is 35.5. The average molecular weight is 240 g/mol. The fraction of sp³-hybridized carbons (Fsp3) is 0.333. The highest BCUT2D eigenvalue weighted by Gasteiger charge is 2.17. The van der Waals surface area contributed by atoms with E-state index in [9.17, 15) is 13.9 Å². The molecular weight excluding hydrogens is 228 g/mol. The van der Waals surface area contributed by atoms with Gasteiger partial charge in [-0.2, -0.15) is 0 Å². The van der Waals surface area contributed by atoms with E-state index in [1.54, 1.807) is 0 Å². The van der Waals surface area contributed by atoms with Crippen molar-refractivity contribution >= 4 is 12.4 Å². The molecule has 0 radical (unpaired) electrons. The number of phenols is 2. The average Bonchev–Trinajstić information content (AvgIpc) is 2.08. The maximum atomic E-state index is 12.0. The van der Waals surface area contributed by atoms with E-state index in [0.717, 1.165) is 0 Å². The maximum absolute atomic E-state index is 12.0. The van der Waals surface area contributed by atoms with Gasteiger partial charge in [0.2, 0.25) is 6.43 Å². The lowest BCUT2D eigenvalue weighted by molar-refractivity contribution is 0.128. The second kappa shape index (κ2) is 5.72. The maximum Gasteiger partial charge on any atom is 0.240 e. The van der Waals surface area contributed by atoms with Crippen molar-refractivity contribution in [1.82, 2.24) is 0 Å². The van der Waals surface area contributed by atoms with Crippen LogP contribution in [0.2, 0.25) is 0 Å². The second-order valence-corrected chi connectivity index (χ2v) is 2.95. The smallest absolute Gasteiger partial charge is 0.240 e. The molecule has 0 saturated heterocycles. The lowest BCUT2D eigenvalue weighted by atomic mass is 10.0. The molecule has 1 rings (SSSR count). The Morgan fingerprint density at radius 3 is 2.40 bits per heavy atom. The van der Waals surface area contributed by atoms with Crippen LogP contribution in [0.5, 0.6) is 11.5 Å². The van der Waals surface area contributed by atoms with Crippen molar-refractivity contribution in [3.63, 3.8) is 0 Å². The molecule has 0 aliphatic heterocycles. The van der Waals surface area contributed by atoms with Crippen molar-refractivity contribution in [3.8, 4) is 11.5 Å². The van der Waals surface area contributed by atoms with Gasteiger partial charge in [-0.3, -0.25) is 0 Å². The molecule has 0 aliphatic rings. The summed E-state index contributed by atoms with van der Waals surface area (Å²) in [6.07, 6.45) is -3.08. The van der Waals surface area contributed by atoms with Crippen LogP contribution in [0.4, 0.5) is 8.78 Å². The monoisotopic (exact) mass is 239 g/mol. The number of alkyl halides is 2. The first-order valence-electron chi connectivity index (χ1n) is 4.07. The number of hydrogen-bond donors (Lipinski definition) is 3. The molecule has 0 unspecified atom stereocenters. The van der Waals surface area contributed by atoms with E-state index < -0.39 is 24.6 Å². The molecule has 0 aliphatic carbocycles. The van der Waals surface area contributed by atoms with Crippen LogP contribution >= 0.6 is 12.4 Å². The first-order chi connectivity index (χ1) is 6.52. The third-order valence-electron chi connectivity index (χ3n) is 1.88. The van der Waals surface area contributed by atoms with Gasteiger partial charge in [0.25, 0.3) is 0 Å². The summed E-state index contributed by atoms with van der Waals surface area (Å²) in [5.74, 6) is -0.784. The van der Waals surface area contributed by atoms with Crippen LogP contribution in [0.3, 0.4) is 0 Å². The number of aromatic hydroxyl groups is 2. The molecule has 0 saturated carbocycles. The second-order valence-electron chi connectivity index (χ2n) is 2.95. The van der Waals surface area contributed by atoms with Crippen LogP contribution in [0.15, 0.2) is 18.2 Å². The minimum absolute atomic E-state index is 0. The number of phenolic OH excluding ortho intramolecular Hbond substituents is 2. The fourth-order valence-corrected chi connectivity index (χ4v) is 1.17. The van der Waals surface area contributed by atoms with Crippen molar-refractivity contribution < 1.29 is 19.0 Å². The molecule has 1 aromatic carbocycles. The molecule has 0 heterocycles. The Bertz CT molecular complexity index is 323. The van der Waals surface area contributed by atoms with E-state index in [1.165, 1.54) is 18.2 Å². The number of hydrogen-bond acceptors (Lipinski definition) is 3. The molecule has 1 atom stereocenters. The van der Waals surface area contributed by atoms with Crippen LogP contribution in [0.1, 0.15) is 18.0 Å². The summed E-state index contributed by atoms with van der Waals surface area (Å²) in [6, 6.07) is 3.13. The lowest BCUT2D eigenvalue weighted by Gasteiger charge is -2.13. The van der Waals surface area contributed by atoms with E-state index in [4.69, 9.17) is 10.8 Å². The Morgan fingerprint density at radius 1 is 1.27 bits per heavy atom. The minimum atomic E-state index is -2.54. The first-order valence-corrected chi connectivity index (χ1v) is 4.07. The lowest BCUT2D eigenvalue weighted by Crippen LogP contribution is -2.14. The van der Waals surface area contributed by atoms with Gasteiger partial charge in [0.05, 0.1) is 0 Å². The SMILES string of the molecule is Cl.N[C@@H](CC(F)F)c1cccc(O)c1O. The van der Waals surface area contributed by atoms with Crippen molar-refractivity contribution in [2.24, 2.45) is 5.73 Å². The van der Waals surface area contributed by atoms with Gasteiger partial charge in [0.15, 0.2) is 11.5 Å². The molecular formula is C9H12ClF2NO2. The zero-order valence-electron chi connectivity index (χ0n) is 7.73. The Labute approximate surface area is 91.9 Å². The summed E-state index contributed by atoms with van der Waals surface area (Å²) in [5, 5.41) is 18.4. The molecule has 0 fully saturated rings. The Hall–Kier alpha value is -1.07. The van der Waals surface area contributed by atoms with E-state index in [-0.39, 0.29) is 23.7 Å². The quantitative estimate of drug-likeness (QED) is 0.709. The van der Waals surface area contributed by atoms with Gasteiger partial charge in [-0.05, 0) is 6.07 Å². The largest absolute Gasteiger partial charge is 0.504 e. The minimum Gasteiger partial charge on any atom is -0.504 e. The van der Waals surface area contributed by atoms with Gasteiger partial charge in [-0.15, -0.1) is 12.4 Å². The molecule has 6 heteroatoms. The summed E-state index contributed by atoms with van der Waals surface area (Å²) in [7, 11) is 0. The summed E-state index contributed by atoms with van der Waals surface area (Å²) >= 11 is 0. The van der Waals surface area contributed by atoms with Crippen molar-refractivity contribution in [3.05, 3.63) is 23.8 Å². The van der Waals surface area contributed by atoms with Crippen molar-refractivity contribution in [1.29, 1.82) is 0 Å². The van der Waals surface area contributed by atoms with Crippen LogP contribution < -0.4 is 5.73 Å². The summed E-state index contributed by atoms with van der Waals surface area (Å²) < 4.78 is 24.0. The third-order valence-corrected chi connectivity index (χ3v) is 1.88. The van der Waals surface area contributed by atoms with Gasteiger partial charge >= 0.3 is 0 Å². The van der Waals surface area contributed by atoms with Crippen LogP contribution in [0.25, 0.3) is 0 Å². The van der Waals surface area contributed by atoms with Gasteiger partial charge in [0, 0.05) is 18.0 Å². The third kappa shape index (κ3) is 3.53. The number of halogens is 3. The number of benzene rings is 1. The van der Waals surface area contributed by atoms with Gasteiger partial charge in [0.1, 0.15) is 0 Å². The predicted molar refractivity (Wildman–Crippen MR) is 54.6 cm³/mol. The number of nitrogens with two attached hydrogens (primary N) is 1. The van der Waals surface area contributed by atoms with Gasteiger partial charge in [-0.25, -0.2) is 8.78 Å². The van der Waals surface area contributed by atoms with Gasteiger partial charge < -0.3 is 15.9 Å². The first kappa shape index (κ1) is 13.9. The topological polar surface area (TPSA) is 66.5 Å². The molecule has 15 heavy (non-hydrogen) atoms. The number of para-hydroxylation sites is 1. The van der Waals surface area contributed by atoms with Crippen LogP contribution in [0, 0.1) is 0 Å². The fourth-order valence-electron chi connectivity index (χ4n) is 1.17. The van der Waals surface area contributed by atoms with Crippen molar-refractivity contribution in [2.45, 2.75) is 18.9 Å². The zero-order chi connectivity index (χ0) is 10.7. The molecule has 0 bridgehead atoms. The van der Waals surface area contributed by atoms with E-state index in [1.807, 2.05) is 0 Å². The molecule has 4 N–H and O–H groups in total.